The van der Waals surface area contributed by atoms with E-state index in [1.165, 1.54) is 12.8 Å². The van der Waals surface area contributed by atoms with Crippen molar-refractivity contribution in [1.29, 1.82) is 0 Å². The summed E-state index contributed by atoms with van der Waals surface area (Å²) < 4.78 is 0. The van der Waals surface area contributed by atoms with E-state index in [4.69, 9.17) is 0 Å². The average molecular weight is 197 g/mol. The van der Waals surface area contributed by atoms with Crippen LogP contribution >= 0.6 is 11.8 Å². The fourth-order valence-corrected chi connectivity index (χ4v) is 1.32. The summed E-state index contributed by atoms with van der Waals surface area (Å²) in [6, 6.07) is 1.97. The third-order valence-electron chi connectivity index (χ3n) is 1.69. The second-order valence-electron chi connectivity index (χ2n) is 2.73. The van der Waals surface area contributed by atoms with Crippen LogP contribution in [-0.2, 0) is 0 Å². The molecule has 13 heavy (non-hydrogen) atoms. The van der Waals surface area contributed by atoms with Gasteiger partial charge >= 0.3 is 0 Å². The van der Waals surface area contributed by atoms with Crippen LogP contribution in [0.25, 0.3) is 0 Å². The number of anilines is 1. The maximum Gasteiger partial charge on any atom is 0.130 e. The first-order valence-electron chi connectivity index (χ1n) is 4.46. The highest BCUT2D eigenvalue weighted by atomic mass is 32.2. The minimum Gasteiger partial charge on any atom is -0.370 e. The lowest BCUT2D eigenvalue weighted by Crippen LogP contribution is -2.02. The molecule has 1 rings (SSSR count). The molecule has 0 unspecified atom stereocenters. The van der Waals surface area contributed by atoms with Crippen LogP contribution in [0.15, 0.2) is 17.4 Å². The molecule has 0 aliphatic carbocycles. The maximum atomic E-state index is 4.12. The molecule has 0 amide bonds. The molecule has 1 heterocycles. The first kappa shape index (κ1) is 10.3. The number of hydrogen-bond acceptors (Lipinski definition) is 4. The van der Waals surface area contributed by atoms with Gasteiger partial charge in [-0.1, -0.05) is 13.3 Å². The molecule has 0 aliphatic heterocycles. The monoisotopic (exact) mass is 197 g/mol. The summed E-state index contributed by atoms with van der Waals surface area (Å²) in [5.74, 6) is 0.924. The zero-order valence-corrected chi connectivity index (χ0v) is 8.90. The fraction of sp³-hybridized carbons (Fsp3) is 0.556. The minimum absolute atomic E-state index is 0.924. The number of rotatable bonds is 5. The first-order valence-corrected chi connectivity index (χ1v) is 5.69. The standard InChI is InChI=1S/C9H15N3S/c1-3-4-5-10-8-6-9(13-2)12-7-11-8/h6-7H,3-5H2,1-2H3,(H,10,11,12). The Morgan fingerprint density at radius 1 is 1.46 bits per heavy atom. The second-order valence-corrected chi connectivity index (χ2v) is 3.55. The van der Waals surface area contributed by atoms with Crippen molar-refractivity contribution >= 4 is 17.6 Å². The largest absolute Gasteiger partial charge is 0.370 e. The second kappa shape index (κ2) is 5.80. The van der Waals surface area contributed by atoms with Crippen molar-refractivity contribution in [2.45, 2.75) is 24.8 Å². The zero-order chi connectivity index (χ0) is 9.52. The van der Waals surface area contributed by atoms with E-state index in [9.17, 15) is 0 Å². The molecule has 0 aliphatic rings. The van der Waals surface area contributed by atoms with Gasteiger partial charge < -0.3 is 5.32 Å². The zero-order valence-electron chi connectivity index (χ0n) is 8.08. The SMILES string of the molecule is CCCCNc1cc(SC)ncn1. The Morgan fingerprint density at radius 2 is 2.31 bits per heavy atom. The van der Waals surface area contributed by atoms with E-state index < -0.39 is 0 Å². The lowest BCUT2D eigenvalue weighted by atomic mass is 10.3. The van der Waals surface area contributed by atoms with Gasteiger partial charge in [0, 0.05) is 12.6 Å². The molecule has 0 spiro atoms. The number of hydrogen-bond donors (Lipinski definition) is 1. The Balaban J connectivity index is 2.46. The van der Waals surface area contributed by atoms with Crippen molar-refractivity contribution in [1.82, 2.24) is 9.97 Å². The van der Waals surface area contributed by atoms with Crippen molar-refractivity contribution in [2.24, 2.45) is 0 Å². The summed E-state index contributed by atoms with van der Waals surface area (Å²) in [6.45, 7) is 3.16. The van der Waals surface area contributed by atoms with E-state index in [2.05, 4.69) is 22.2 Å². The van der Waals surface area contributed by atoms with Gasteiger partial charge in [0.15, 0.2) is 0 Å². The van der Waals surface area contributed by atoms with E-state index in [0.29, 0.717) is 0 Å². The first-order chi connectivity index (χ1) is 6.36. The molecule has 3 nitrogen and oxygen atoms in total. The Kier molecular flexibility index (Phi) is 4.60. The summed E-state index contributed by atoms with van der Waals surface area (Å²) in [5.41, 5.74) is 0. The predicted molar refractivity (Wildman–Crippen MR) is 57.2 cm³/mol. The highest BCUT2D eigenvalue weighted by Crippen LogP contribution is 2.13. The fourth-order valence-electron chi connectivity index (χ4n) is 0.941. The number of aromatic nitrogens is 2. The minimum atomic E-state index is 0.924. The van der Waals surface area contributed by atoms with E-state index >= 15 is 0 Å². The van der Waals surface area contributed by atoms with Gasteiger partial charge in [-0.05, 0) is 12.7 Å². The Morgan fingerprint density at radius 3 is 3.00 bits per heavy atom. The molecular weight excluding hydrogens is 182 g/mol. The van der Waals surface area contributed by atoms with Gasteiger partial charge in [0.05, 0.1) is 0 Å². The van der Waals surface area contributed by atoms with Crippen LogP contribution in [0, 0.1) is 0 Å². The van der Waals surface area contributed by atoms with E-state index in [1.807, 2.05) is 12.3 Å². The van der Waals surface area contributed by atoms with Crippen molar-refractivity contribution < 1.29 is 0 Å². The molecule has 0 saturated heterocycles. The van der Waals surface area contributed by atoms with Crippen LogP contribution in [0.4, 0.5) is 5.82 Å². The molecule has 0 atom stereocenters. The summed E-state index contributed by atoms with van der Waals surface area (Å²) in [5, 5.41) is 4.26. The van der Waals surface area contributed by atoms with Crippen molar-refractivity contribution in [3.05, 3.63) is 12.4 Å². The van der Waals surface area contributed by atoms with Gasteiger partial charge in [0.25, 0.3) is 0 Å². The number of unbranched alkanes of at least 4 members (excludes halogenated alkanes) is 1. The van der Waals surface area contributed by atoms with Crippen LogP contribution in [0.2, 0.25) is 0 Å². The molecule has 0 saturated carbocycles. The highest BCUT2D eigenvalue weighted by Gasteiger charge is 1.95. The summed E-state index contributed by atoms with van der Waals surface area (Å²) in [7, 11) is 0. The van der Waals surface area contributed by atoms with Gasteiger partial charge in [-0.15, -0.1) is 11.8 Å². The van der Waals surface area contributed by atoms with Gasteiger partial charge in [0.1, 0.15) is 17.2 Å². The lowest BCUT2D eigenvalue weighted by molar-refractivity contribution is 0.829. The highest BCUT2D eigenvalue weighted by molar-refractivity contribution is 7.98. The quantitative estimate of drug-likeness (QED) is 0.447. The van der Waals surface area contributed by atoms with E-state index in [0.717, 1.165) is 17.4 Å². The summed E-state index contributed by atoms with van der Waals surface area (Å²) >= 11 is 1.63. The third kappa shape index (κ3) is 3.63. The van der Waals surface area contributed by atoms with Gasteiger partial charge in [-0.3, -0.25) is 0 Å². The topological polar surface area (TPSA) is 37.8 Å². The average Bonchev–Trinajstić information content (AvgIpc) is 2.19. The van der Waals surface area contributed by atoms with Crippen LogP contribution in [0.3, 0.4) is 0 Å². The van der Waals surface area contributed by atoms with Crippen molar-refractivity contribution in [3.63, 3.8) is 0 Å². The molecular formula is C9H15N3S. The maximum absolute atomic E-state index is 4.12. The molecule has 72 valence electrons. The number of nitrogens with one attached hydrogen (secondary N) is 1. The Labute approximate surface area is 83.4 Å². The molecule has 4 heteroatoms. The normalized spacial score (nSPS) is 10.0. The van der Waals surface area contributed by atoms with Crippen molar-refractivity contribution in [3.8, 4) is 0 Å². The van der Waals surface area contributed by atoms with Gasteiger partial charge in [0.2, 0.25) is 0 Å². The summed E-state index contributed by atoms with van der Waals surface area (Å²) in [6.07, 6.45) is 5.99. The van der Waals surface area contributed by atoms with Gasteiger partial charge in [-0.2, -0.15) is 0 Å². The number of thioether (sulfide) groups is 1. The molecule has 1 aromatic heterocycles. The molecule has 0 aromatic carbocycles. The lowest BCUT2D eigenvalue weighted by Gasteiger charge is -2.04. The smallest absolute Gasteiger partial charge is 0.130 e. The number of nitrogens with zero attached hydrogens (tertiary/aromatic N) is 2. The predicted octanol–water partition coefficient (Wildman–Crippen LogP) is 2.41. The van der Waals surface area contributed by atoms with Crippen molar-refractivity contribution in [2.75, 3.05) is 18.1 Å². The van der Waals surface area contributed by atoms with Crippen LogP contribution in [0.1, 0.15) is 19.8 Å². The van der Waals surface area contributed by atoms with Crippen LogP contribution < -0.4 is 5.32 Å². The Hall–Kier alpha value is -0.770. The molecule has 0 radical (unpaired) electrons. The van der Waals surface area contributed by atoms with Crippen LogP contribution in [0.5, 0.6) is 0 Å². The molecule has 0 bridgehead atoms. The molecule has 1 N–H and O–H groups in total. The van der Waals surface area contributed by atoms with E-state index in [-0.39, 0.29) is 0 Å². The van der Waals surface area contributed by atoms with Crippen LogP contribution in [-0.4, -0.2) is 22.8 Å². The molecule has 0 fully saturated rings. The third-order valence-corrected chi connectivity index (χ3v) is 2.33. The summed E-state index contributed by atoms with van der Waals surface area (Å²) in [4.78, 5) is 8.22. The van der Waals surface area contributed by atoms with Gasteiger partial charge in [-0.25, -0.2) is 9.97 Å². The Bertz CT molecular complexity index is 252. The van der Waals surface area contributed by atoms with E-state index in [1.54, 1.807) is 18.1 Å². The molecule has 1 aromatic rings.